The Labute approximate surface area is 135 Å². The third-order valence-corrected chi connectivity index (χ3v) is 5.75. The van der Waals surface area contributed by atoms with E-state index >= 15 is 0 Å². The lowest BCUT2D eigenvalue weighted by molar-refractivity contribution is -0.0967. The molecule has 0 bridgehead atoms. The van der Waals surface area contributed by atoms with Gasteiger partial charge in [-0.2, -0.15) is 0 Å². The maximum absolute atomic E-state index is 10.7. The standard InChI is InChI=1S/C17H24BrNO2/c1-21-16-6-5-13(10-15(16)18)11-19-9-8-17(20)7-3-2-4-14(17)12-19/h5-6,10,14,20H,2-4,7-9,11-12H2,1H3. The Hall–Kier alpha value is -0.580. The highest BCUT2D eigenvalue weighted by Crippen LogP contribution is 2.40. The molecule has 1 heterocycles. The average molecular weight is 354 g/mol. The van der Waals surface area contributed by atoms with Gasteiger partial charge in [-0.1, -0.05) is 18.9 Å². The molecule has 0 spiro atoms. The molecule has 0 aromatic heterocycles. The smallest absolute Gasteiger partial charge is 0.133 e. The summed E-state index contributed by atoms with van der Waals surface area (Å²) < 4.78 is 6.29. The second kappa shape index (κ2) is 6.27. The van der Waals surface area contributed by atoms with Crippen molar-refractivity contribution in [1.29, 1.82) is 0 Å². The molecule has 2 unspecified atom stereocenters. The first kappa shape index (κ1) is 15.3. The first-order valence-electron chi connectivity index (χ1n) is 7.88. The van der Waals surface area contributed by atoms with Gasteiger partial charge >= 0.3 is 0 Å². The zero-order valence-electron chi connectivity index (χ0n) is 12.6. The van der Waals surface area contributed by atoms with Crippen LogP contribution in [0.1, 0.15) is 37.7 Å². The average Bonchev–Trinajstić information content (AvgIpc) is 2.48. The summed E-state index contributed by atoms with van der Waals surface area (Å²) in [5.74, 6) is 1.33. The summed E-state index contributed by atoms with van der Waals surface area (Å²) in [5, 5.41) is 10.7. The molecule has 2 fully saturated rings. The lowest BCUT2D eigenvalue weighted by Crippen LogP contribution is -2.52. The van der Waals surface area contributed by atoms with Gasteiger partial charge in [-0.15, -0.1) is 0 Å². The fourth-order valence-electron chi connectivity index (χ4n) is 3.85. The first-order chi connectivity index (χ1) is 10.1. The molecule has 0 amide bonds. The van der Waals surface area contributed by atoms with Crippen LogP contribution in [0.5, 0.6) is 5.75 Å². The van der Waals surface area contributed by atoms with E-state index in [9.17, 15) is 5.11 Å². The molecule has 21 heavy (non-hydrogen) atoms. The molecule has 0 radical (unpaired) electrons. The summed E-state index contributed by atoms with van der Waals surface area (Å²) in [6.45, 7) is 2.98. The van der Waals surface area contributed by atoms with Crippen molar-refractivity contribution in [3.63, 3.8) is 0 Å². The lowest BCUT2D eigenvalue weighted by atomic mass is 9.71. The maximum Gasteiger partial charge on any atom is 0.133 e. The Balaban J connectivity index is 1.65. The molecule has 3 rings (SSSR count). The van der Waals surface area contributed by atoms with Crippen molar-refractivity contribution in [3.8, 4) is 5.75 Å². The SMILES string of the molecule is COc1ccc(CN2CCC3(O)CCCCC3C2)cc1Br. The molecule has 1 aromatic carbocycles. The van der Waals surface area contributed by atoms with Crippen molar-refractivity contribution < 1.29 is 9.84 Å². The van der Waals surface area contributed by atoms with Gasteiger partial charge in [-0.3, -0.25) is 4.90 Å². The van der Waals surface area contributed by atoms with Crippen LogP contribution in [-0.2, 0) is 6.54 Å². The van der Waals surface area contributed by atoms with Crippen molar-refractivity contribution in [3.05, 3.63) is 28.2 Å². The number of rotatable bonds is 3. The molecule has 1 saturated carbocycles. The number of likely N-dealkylation sites (tertiary alicyclic amines) is 1. The Kier molecular flexibility index (Phi) is 4.57. The van der Waals surface area contributed by atoms with E-state index < -0.39 is 0 Å². The molecular weight excluding hydrogens is 330 g/mol. The van der Waals surface area contributed by atoms with Crippen LogP contribution >= 0.6 is 15.9 Å². The van der Waals surface area contributed by atoms with E-state index in [4.69, 9.17) is 4.74 Å². The highest BCUT2D eigenvalue weighted by Gasteiger charge is 2.42. The number of ether oxygens (including phenoxy) is 1. The van der Waals surface area contributed by atoms with Crippen LogP contribution in [0.2, 0.25) is 0 Å². The highest BCUT2D eigenvalue weighted by atomic mass is 79.9. The van der Waals surface area contributed by atoms with E-state index in [2.05, 4.69) is 33.0 Å². The topological polar surface area (TPSA) is 32.7 Å². The Morgan fingerprint density at radius 2 is 2.24 bits per heavy atom. The number of hydrogen-bond acceptors (Lipinski definition) is 3. The number of fused-ring (bicyclic) bond motifs is 1. The van der Waals surface area contributed by atoms with Gasteiger partial charge in [0, 0.05) is 25.6 Å². The lowest BCUT2D eigenvalue weighted by Gasteiger charge is -2.47. The second-order valence-electron chi connectivity index (χ2n) is 6.50. The number of methoxy groups -OCH3 is 1. The highest BCUT2D eigenvalue weighted by molar-refractivity contribution is 9.10. The summed E-state index contributed by atoms with van der Waals surface area (Å²) in [6.07, 6.45) is 5.57. The van der Waals surface area contributed by atoms with Gasteiger partial charge in [0.15, 0.2) is 0 Å². The van der Waals surface area contributed by atoms with Gasteiger partial charge in [0.05, 0.1) is 17.2 Å². The molecule has 3 nitrogen and oxygen atoms in total. The van der Waals surface area contributed by atoms with E-state index in [1.165, 1.54) is 24.8 Å². The van der Waals surface area contributed by atoms with E-state index in [1.807, 2.05) is 6.07 Å². The van der Waals surface area contributed by atoms with Crippen LogP contribution < -0.4 is 4.74 Å². The molecule has 2 atom stereocenters. The molecule has 1 N–H and O–H groups in total. The van der Waals surface area contributed by atoms with Crippen molar-refractivity contribution in [2.24, 2.45) is 5.92 Å². The van der Waals surface area contributed by atoms with Crippen LogP contribution in [0.25, 0.3) is 0 Å². The van der Waals surface area contributed by atoms with Crippen molar-refractivity contribution in [2.45, 2.75) is 44.2 Å². The largest absolute Gasteiger partial charge is 0.496 e. The summed E-state index contributed by atoms with van der Waals surface area (Å²) >= 11 is 3.55. The zero-order valence-corrected chi connectivity index (χ0v) is 14.2. The molecule has 1 saturated heterocycles. The van der Waals surface area contributed by atoms with Gasteiger partial charge in [0.1, 0.15) is 5.75 Å². The van der Waals surface area contributed by atoms with E-state index in [0.29, 0.717) is 5.92 Å². The monoisotopic (exact) mass is 353 g/mol. The maximum atomic E-state index is 10.7. The summed E-state index contributed by atoms with van der Waals surface area (Å²) in [5.41, 5.74) is 0.916. The van der Waals surface area contributed by atoms with Gasteiger partial charge in [0.2, 0.25) is 0 Å². The third kappa shape index (κ3) is 3.27. The second-order valence-corrected chi connectivity index (χ2v) is 7.35. The van der Waals surface area contributed by atoms with Gasteiger partial charge in [-0.25, -0.2) is 0 Å². The van der Waals surface area contributed by atoms with Crippen LogP contribution in [0.3, 0.4) is 0 Å². The predicted molar refractivity (Wildman–Crippen MR) is 87.5 cm³/mol. The van der Waals surface area contributed by atoms with Gasteiger partial charge in [-0.05, 0) is 52.9 Å². The van der Waals surface area contributed by atoms with Gasteiger partial charge < -0.3 is 9.84 Å². The van der Waals surface area contributed by atoms with Crippen molar-refractivity contribution >= 4 is 15.9 Å². The molecule has 116 valence electrons. The molecule has 4 heteroatoms. The summed E-state index contributed by atoms with van der Waals surface area (Å²) in [6, 6.07) is 6.28. The number of hydrogen-bond donors (Lipinski definition) is 1. The molecule has 1 aromatic rings. The fraction of sp³-hybridized carbons (Fsp3) is 0.647. The Bertz CT molecular complexity index is 508. The Morgan fingerprint density at radius 3 is 3.00 bits per heavy atom. The molecular formula is C17H24BrNO2. The van der Waals surface area contributed by atoms with Crippen LogP contribution in [0.15, 0.2) is 22.7 Å². The normalized spacial score (nSPS) is 30.0. The molecule has 1 aliphatic carbocycles. The molecule has 1 aliphatic heterocycles. The van der Waals surface area contributed by atoms with Crippen LogP contribution in [0.4, 0.5) is 0 Å². The van der Waals surface area contributed by atoms with E-state index in [1.54, 1.807) is 7.11 Å². The quantitative estimate of drug-likeness (QED) is 0.901. The number of aliphatic hydroxyl groups is 1. The number of piperidine rings is 1. The van der Waals surface area contributed by atoms with Crippen LogP contribution in [0, 0.1) is 5.92 Å². The predicted octanol–water partition coefficient (Wildman–Crippen LogP) is 3.58. The van der Waals surface area contributed by atoms with Crippen molar-refractivity contribution in [2.75, 3.05) is 20.2 Å². The first-order valence-corrected chi connectivity index (χ1v) is 8.67. The summed E-state index contributed by atoms with van der Waals surface area (Å²) in [4.78, 5) is 2.48. The minimum Gasteiger partial charge on any atom is -0.496 e. The zero-order chi connectivity index (χ0) is 14.9. The van der Waals surface area contributed by atoms with E-state index in [0.717, 1.165) is 42.7 Å². The molecule has 2 aliphatic rings. The summed E-state index contributed by atoms with van der Waals surface area (Å²) in [7, 11) is 1.69. The number of halogens is 1. The number of nitrogens with zero attached hydrogens (tertiary/aromatic N) is 1. The number of benzene rings is 1. The van der Waals surface area contributed by atoms with Crippen molar-refractivity contribution in [1.82, 2.24) is 4.90 Å². The van der Waals surface area contributed by atoms with E-state index in [-0.39, 0.29) is 5.60 Å². The Morgan fingerprint density at radius 1 is 1.38 bits per heavy atom. The minimum atomic E-state index is -0.380. The van der Waals surface area contributed by atoms with Gasteiger partial charge in [0.25, 0.3) is 0 Å². The minimum absolute atomic E-state index is 0.380. The third-order valence-electron chi connectivity index (χ3n) is 5.13. The van der Waals surface area contributed by atoms with Crippen LogP contribution in [-0.4, -0.2) is 35.8 Å². The fourth-order valence-corrected chi connectivity index (χ4v) is 4.44.